The van der Waals surface area contributed by atoms with E-state index < -0.39 is 0 Å². The SMILES string of the molecule is Cc1ccc(/C(=N/O)N2CCCC2)c(Oc2cccc(C(C)C)c2)n1. The molecule has 1 aromatic carbocycles. The number of pyridine rings is 1. The molecule has 25 heavy (non-hydrogen) atoms. The lowest BCUT2D eigenvalue weighted by Crippen LogP contribution is -2.29. The number of ether oxygens (including phenoxy) is 1. The van der Waals surface area contributed by atoms with Crippen LogP contribution in [0.3, 0.4) is 0 Å². The van der Waals surface area contributed by atoms with Crippen molar-refractivity contribution in [3.8, 4) is 11.6 Å². The van der Waals surface area contributed by atoms with Gasteiger partial charge in [0.25, 0.3) is 0 Å². The molecule has 1 N–H and O–H groups in total. The first-order valence-corrected chi connectivity index (χ1v) is 8.81. The Bertz CT molecular complexity index is 765. The Balaban J connectivity index is 1.95. The molecular formula is C20H25N3O2. The van der Waals surface area contributed by atoms with Crippen molar-refractivity contribution in [1.29, 1.82) is 0 Å². The third-order valence-electron chi connectivity index (χ3n) is 4.48. The standard InChI is InChI=1S/C20H25N3O2/c1-14(2)16-7-6-8-17(13-16)25-20-18(10-9-15(3)21-20)19(22-24)23-11-4-5-12-23/h6-10,13-14,24H,4-5,11-12H2,1-3H3/b22-19-. The van der Waals surface area contributed by atoms with E-state index in [1.165, 1.54) is 5.56 Å². The number of hydrogen-bond donors (Lipinski definition) is 1. The molecule has 2 heterocycles. The van der Waals surface area contributed by atoms with Crippen LogP contribution in [0.5, 0.6) is 11.6 Å². The average molecular weight is 339 g/mol. The summed E-state index contributed by atoms with van der Waals surface area (Å²) in [6.07, 6.45) is 2.20. The molecule has 1 saturated heterocycles. The van der Waals surface area contributed by atoms with Gasteiger partial charge in [0, 0.05) is 18.8 Å². The Hall–Kier alpha value is -2.56. The monoisotopic (exact) mass is 339 g/mol. The van der Waals surface area contributed by atoms with Gasteiger partial charge in [-0.2, -0.15) is 0 Å². The summed E-state index contributed by atoms with van der Waals surface area (Å²) in [5.74, 6) is 2.16. The fourth-order valence-corrected chi connectivity index (χ4v) is 3.05. The van der Waals surface area contributed by atoms with Crippen molar-refractivity contribution in [3.05, 3.63) is 53.2 Å². The maximum atomic E-state index is 9.58. The third kappa shape index (κ3) is 3.92. The molecule has 2 aromatic rings. The topological polar surface area (TPSA) is 58.0 Å². The first kappa shape index (κ1) is 17.3. The van der Waals surface area contributed by atoms with Crippen LogP contribution in [0.1, 0.15) is 49.4 Å². The van der Waals surface area contributed by atoms with Gasteiger partial charge in [-0.3, -0.25) is 0 Å². The highest BCUT2D eigenvalue weighted by atomic mass is 16.5. The molecule has 3 rings (SSSR count). The Kier molecular flexibility index (Phi) is 5.22. The van der Waals surface area contributed by atoms with Crippen molar-refractivity contribution < 1.29 is 9.94 Å². The van der Waals surface area contributed by atoms with E-state index >= 15 is 0 Å². The zero-order valence-electron chi connectivity index (χ0n) is 15.1. The molecule has 5 nitrogen and oxygen atoms in total. The van der Waals surface area contributed by atoms with Gasteiger partial charge < -0.3 is 14.8 Å². The number of aromatic nitrogens is 1. The lowest BCUT2D eigenvalue weighted by molar-refractivity contribution is 0.306. The maximum Gasteiger partial charge on any atom is 0.230 e. The Labute approximate surface area is 149 Å². The van der Waals surface area contributed by atoms with E-state index in [-0.39, 0.29) is 0 Å². The van der Waals surface area contributed by atoms with E-state index in [0.29, 0.717) is 23.2 Å². The summed E-state index contributed by atoms with van der Waals surface area (Å²) in [5, 5.41) is 13.1. The largest absolute Gasteiger partial charge is 0.438 e. The van der Waals surface area contributed by atoms with E-state index in [4.69, 9.17) is 4.74 Å². The number of amidine groups is 1. The molecular weight excluding hydrogens is 314 g/mol. The van der Waals surface area contributed by atoms with Gasteiger partial charge in [-0.05, 0) is 55.5 Å². The van der Waals surface area contributed by atoms with E-state index in [1.54, 1.807) is 0 Å². The molecule has 0 radical (unpaired) electrons. The zero-order chi connectivity index (χ0) is 17.8. The predicted molar refractivity (Wildman–Crippen MR) is 98.7 cm³/mol. The number of likely N-dealkylation sites (tertiary alicyclic amines) is 1. The summed E-state index contributed by atoms with van der Waals surface area (Å²) < 4.78 is 6.09. The van der Waals surface area contributed by atoms with E-state index in [9.17, 15) is 5.21 Å². The summed E-state index contributed by atoms with van der Waals surface area (Å²) in [5.41, 5.74) is 2.78. The van der Waals surface area contributed by atoms with Gasteiger partial charge in [-0.15, -0.1) is 0 Å². The second kappa shape index (κ2) is 7.55. The van der Waals surface area contributed by atoms with Crippen LogP contribution in [0.15, 0.2) is 41.6 Å². The van der Waals surface area contributed by atoms with Gasteiger partial charge in [0.05, 0.1) is 5.56 Å². The molecule has 5 heteroatoms. The number of rotatable bonds is 4. The van der Waals surface area contributed by atoms with Crippen molar-refractivity contribution in [2.45, 2.75) is 39.5 Å². The predicted octanol–water partition coefficient (Wildman–Crippen LogP) is 4.54. The first-order chi connectivity index (χ1) is 12.1. The molecule has 0 bridgehead atoms. The van der Waals surface area contributed by atoms with Crippen LogP contribution in [0.4, 0.5) is 0 Å². The fraction of sp³-hybridized carbons (Fsp3) is 0.400. The van der Waals surface area contributed by atoms with Crippen molar-refractivity contribution in [3.63, 3.8) is 0 Å². The minimum Gasteiger partial charge on any atom is -0.438 e. The molecule has 0 unspecified atom stereocenters. The van der Waals surface area contributed by atoms with Crippen LogP contribution in [0.2, 0.25) is 0 Å². The molecule has 1 aliphatic rings. The number of oxime groups is 1. The lowest BCUT2D eigenvalue weighted by Gasteiger charge is -2.20. The van der Waals surface area contributed by atoms with Gasteiger partial charge in [0.15, 0.2) is 5.84 Å². The smallest absolute Gasteiger partial charge is 0.230 e. The van der Waals surface area contributed by atoms with Crippen LogP contribution < -0.4 is 4.74 Å². The zero-order valence-corrected chi connectivity index (χ0v) is 15.1. The van der Waals surface area contributed by atoms with Crippen LogP contribution in [-0.4, -0.2) is 34.0 Å². The summed E-state index contributed by atoms with van der Waals surface area (Å²) >= 11 is 0. The Morgan fingerprint density at radius 3 is 2.64 bits per heavy atom. The molecule has 0 amide bonds. The van der Waals surface area contributed by atoms with Gasteiger partial charge in [0.1, 0.15) is 5.75 Å². The molecule has 0 spiro atoms. The van der Waals surface area contributed by atoms with Crippen molar-refractivity contribution in [2.75, 3.05) is 13.1 Å². The van der Waals surface area contributed by atoms with E-state index in [1.807, 2.05) is 37.3 Å². The summed E-state index contributed by atoms with van der Waals surface area (Å²) in [4.78, 5) is 6.62. The van der Waals surface area contributed by atoms with Crippen molar-refractivity contribution in [1.82, 2.24) is 9.88 Å². The fourth-order valence-electron chi connectivity index (χ4n) is 3.05. The summed E-state index contributed by atoms with van der Waals surface area (Å²) in [6.45, 7) is 8.00. The summed E-state index contributed by atoms with van der Waals surface area (Å²) in [6, 6.07) is 11.9. The average Bonchev–Trinajstić information content (AvgIpc) is 3.12. The highest BCUT2D eigenvalue weighted by Crippen LogP contribution is 2.28. The molecule has 1 fully saturated rings. The number of nitrogens with zero attached hydrogens (tertiary/aromatic N) is 3. The third-order valence-corrected chi connectivity index (χ3v) is 4.48. The molecule has 132 valence electrons. The lowest BCUT2D eigenvalue weighted by atomic mass is 10.0. The highest BCUT2D eigenvalue weighted by Gasteiger charge is 2.23. The Morgan fingerprint density at radius 2 is 1.96 bits per heavy atom. The molecule has 0 aliphatic carbocycles. The minimum atomic E-state index is 0.424. The minimum absolute atomic E-state index is 0.424. The molecule has 0 saturated carbocycles. The second-order valence-electron chi connectivity index (χ2n) is 6.75. The van der Waals surface area contributed by atoms with Gasteiger partial charge >= 0.3 is 0 Å². The van der Waals surface area contributed by atoms with Gasteiger partial charge in [-0.25, -0.2) is 4.98 Å². The van der Waals surface area contributed by atoms with Crippen LogP contribution in [0.25, 0.3) is 0 Å². The van der Waals surface area contributed by atoms with Gasteiger partial charge in [-0.1, -0.05) is 31.1 Å². The molecule has 0 atom stereocenters. The first-order valence-electron chi connectivity index (χ1n) is 8.81. The molecule has 1 aromatic heterocycles. The maximum absolute atomic E-state index is 9.58. The van der Waals surface area contributed by atoms with E-state index in [0.717, 1.165) is 37.4 Å². The highest BCUT2D eigenvalue weighted by molar-refractivity contribution is 6.00. The number of aryl methyl sites for hydroxylation is 1. The molecule has 1 aliphatic heterocycles. The quantitative estimate of drug-likeness (QED) is 0.385. The number of benzene rings is 1. The normalized spacial score (nSPS) is 15.0. The van der Waals surface area contributed by atoms with Crippen LogP contribution in [0, 0.1) is 6.92 Å². The van der Waals surface area contributed by atoms with Crippen LogP contribution >= 0.6 is 0 Å². The van der Waals surface area contributed by atoms with Crippen molar-refractivity contribution >= 4 is 5.84 Å². The second-order valence-corrected chi connectivity index (χ2v) is 6.75. The van der Waals surface area contributed by atoms with Crippen molar-refractivity contribution in [2.24, 2.45) is 5.16 Å². The van der Waals surface area contributed by atoms with Crippen LogP contribution in [-0.2, 0) is 0 Å². The summed E-state index contributed by atoms with van der Waals surface area (Å²) in [7, 11) is 0. The number of hydrogen-bond acceptors (Lipinski definition) is 4. The van der Waals surface area contributed by atoms with Gasteiger partial charge in [0.2, 0.25) is 5.88 Å². The Morgan fingerprint density at radius 1 is 1.20 bits per heavy atom. The van der Waals surface area contributed by atoms with E-state index in [2.05, 4.69) is 35.0 Å².